The lowest BCUT2D eigenvalue weighted by Gasteiger charge is -2.12. The Hall–Kier alpha value is -5.06. The van der Waals surface area contributed by atoms with E-state index in [1.165, 1.54) is 32.6 Å². The van der Waals surface area contributed by atoms with E-state index in [9.17, 15) is 0 Å². The van der Waals surface area contributed by atoms with Crippen LogP contribution >= 0.6 is 0 Å². The summed E-state index contributed by atoms with van der Waals surface area (Å²) in [6, 6.07) is 28.4. The van der Waals surface area contributed by atoms with E-state index in [1.54, 1.807) is 6.20 Å². The third-order valence-corrected chi connectivity index (χ3v) is 7.81. The second-order valence-electron chi connectivity index (χ2n) is 10.3. The number of dihydropyridines is 1. The zero-order valence-corrected chi connectivity index (χ0v) is 23.3. The average Bonchev–Trinajstić information content (AvgIpc) is 3.37. The van der Waals surface area contributed by atoms with Crippen molar-refractivity contribution >= 4 is 43.7 Å². The Labute approximate surface area is 241 Å². The van der Waals surface area contributed by atoms with Crippen molar-refractivity contribution in [1.29, 1.82) is 0 Å². The van der Waals surface area contributed by atoms with Crippen LogP contribution in [-0.4, -0.2) is 17.7 Å². The first-order valence-electron chi connectivity index (χ1n) is 13.9. The third kappa shape index (κ3) is 4.79. The molecule has 0 radical (unpaired) electrons. The van der Waals surface area contributed by atoms with Crippen LogP contribution in [0.25, 0.3) is 49.4 Å². The molecule has 0 atom stereocenters. The van der Waals surface area contributed by atoms with Gasteiger partial charge < -0.3 is 21.4 Å². The van der Waals surface area contributed by atoms with Gasteiger partial charge in [0, 0.05) is 41.1 Å². The number of rotatable bonds is 7. The van der Waals surface area contributed by atoms with Gasteiger partial charge in [0.25, 0.3) is 0 Å². The van der Waals surface area contributed by atoms with Gasteiger partial charge in [-0.2, -0.15) is 0 Å². The number of para-hydroxylation sites is 1. The molecule has 1 aromatic heterocycles. The molecule has 0 spiro atoms. The molecule has 0 aliphatic carbocycles. The average molecular weight is 535 g/mol. The third-order valence-electron chi connectivity index (χ3n) is 7.81. The standard InChI is InChI=1S/C37H34N4/c1-3-26(15-18-38)29-10-12-33-30(22-29)11-14-35-34-13-9-28(25(2)21-31(24-39)27-16-19-40-20-17-27)23-36(34)41(37(33)35)32-7-5-4-6-8-32/h3-17,19,21-24,40H,1,18,20,38-39H2,2H3/b25-21+,26-15+,31-24+. The maximum Gasteiger partial charge on any atom is 0.0619 e. The van der Waals surface area contributed by atoms with Crippen molar-refractivity contribution in [2.45, 2.75) is 6.92 Å². The number of aromatic nitrogens is 1. The summed E-state index contributed by atoms with van der Waals surface area (Å²) in [6.45, 7) is 7.41. The quantitative estimate of drug-likeness (QED) is 0.187. The van der Waals surface area contributed by atoms with Gasteiger partial charge in [-0.15, -0.1) is 0 Å². The first-order chi connectivity index (χ1) is 20.1. The van der Waals surface area contributed by atoms with Crippen molar-refractivity contribution in [3.05, 3.63) is 150 Å². The topological polar surface area (TPSA) is 69.0 Å². The number of nitrogens with zero attached hydrogens (tertiary/aromatic N) is 1. The fourth-order valence-electron chi connectivity index (χ4n) is 5.76. The van der Waals surface area contributed by atoms with Gasteiger partial charge in [-0.25, -0.2) is 0 Å². The Morgan fingerprint density at radius 1 is 0.927 bits per heavy atom. The van der Waals surface area contributed by atoms with E-state index in [1.807, 2.05) is 18.4 Å². The minimum absolute atomic E-state index is 0.477. The Morgan fingerprint density at radius 3 is 2.44 bits per heavy atom. The molecule has 202 valence electrons. The molecule has 0 saturated carbocycles. The lowest BCUT2D eigenvalue weighted by molar-refractivity contribution is 0.961. The number of nitrogens with one attached hydrogen (secondary N) is 1. The van der Waals surface area contributed by atoms with E-state index in [0.29, 0.717) is 6.54 Å². The van der Waals surface area contributed by atoms with Gasteiger partial charge in [0.05, 0.1) is 11.0 Å². The van der Waals surface area contributed by atoms with Gasteiger partial charge in [0.1, 0.15) is 0 Å². The van der Waals surface area contributed by atoms with Crippen LogP contribution in [0.1, 0.15) is 18.1 Å². The Morgan fingerprint density at radius 2 is 1.71 bits per heavy atom. The summed E-state index contributed by atoms with van der Waals surface area (Å²) in [7, 11) is 0. The fraction of sp³-hybridized carbons (Fsp3) is 0.0811. The zero-order valence-electron chi connectivity index (χ0n) is 23.3. The van der Waals surface area contributed by atoms with Crippen molar-refractivity contribution in [1.82, 2.24) is 9.88 Å². The number of allylic oxidation sites excluding steroid dienone is 7. The molecule has 0 amide bonds. The molecule has 1 aliphatic heterocycles. The SMILES string of the molecule is C=C/C(=C\CN)c1ccc2c(ccc3c4ccc(/C(C)=C/C(=C\N)C5=CCNC=C5)cc4n(-c4ccccc4)c23)c1. The Kier molecular flexibility index (Phi) is 7.15. The first kappa shape index (κ1) is 26.2. The monoisotopic (exact) mass is 534 g/mol. The van der Waals surface area contributed by atoms with Crippen LogP contribution in [0.2, 0.25) is 0 Å². The Bertz CT molecular complexity index is 1950. The van der Waals surface area contributed by atoms with Crippen LogP contribution in [0.5, 0.6) is 0 Å². The smallest absolute Gasteiger partial charge is 0.0619 e. The lowest BCUT2D eigenvalue weighted by atomic mass is 9.98. The highest BCUT2D eigenvalue weighted by atomic mass is 15.0. The predicted octanol–water partition coefficient (Wildman–Crippen LogP) is 7.75. The molecule has 0 saturated heterocycles. The summed E-state index contributed by atoms with van der Waals surface area (Å²) in [6.07, 6.45) is 13.9. The predicted molar refractivity (Wildman–Crippen MR) is 177 cm³/mol. The largest absolute Gasteiger partial charge is 0.404 e. The fourth-order valence-corrected chi connectivity index (χ4v) is 5.76. The maximum absolute atomic E-state index is 6.06. The first-order valence-corrected chi connectivity index (χ1v) is 13.9. The highest BCUT2D eigenvalue weighted by molar-refractivity contribution is 6.19. The molecular weight excluding hydrogens is 500 g/mol. The molecule has 5 N–H and O–H groups in total. The molecule has 4 heteroatoms. The van der Waals surface area contributed by atoms with Gasteiger partial charge in [0.15, 0.2) is 0 Å². The van der Waals surface area contributed by atoms with Crippen molar-refractivity contribution < 1.29 is 0 Å². The summed E-state index contributed by atoms with van der Waals surface area (Å²) >= 11 is 0. The minimum Gasteiger partial charge on any atom is -0.404 e. The summed E-state index contributed by atoms with van der Waals surface area (Å²) < 4.78 is 2.39. The van der Waals surface area contributed by atoms with Crippen LogP contribution in [0, 0.1) is 0 Å². The lowest BCUT2D eigenvalue weighted by Crippen LogP contribution is -2.09. The van der Waals surface area contributed by atoms with Crippen LogP contribution < -0.4 is 16.8 Å². The maximum atomic E-state index is 6.06. The highest BCUT2D eigenvalue weighted by Gasteiger charge is 2.16. The number of benzene rings is 4. The Balaban J connectivity index is 1.58. The van der Waals surface area contributed by atoms with Crippen LogP contribution in [-0.2, 0) is 0 Å². The molecule has 6 rings (SSSR count). The number of fused-ring (bicyclic) bond motifs is 5. The van der Waals surface area contributed by atoms with Crippen LogP contribution in [0.3, 0.4) is 0 Å². The van der Waals surface area contributed by atoms with E-state index in [0.717, 1.165) is 45.7 Å². The molecular formula is C37H34N4. The summed E-state index contributed by atoms with van der Waals surface area (Å²) in [5.74, 6) is 0. The molecule has 0 unspecified atom stereocenters. The van der Waals surface area contributed by atoms with E-state index >= 15 is 0 Å². The van der Waals surface area contributed by atoms with Crippen LogP contribution in [0.4, 0.5) is 0 Å². The molecule has 0 bridgehead atoms. The van der Waals surface area contributed by atoms with Gasteiger partial charge in [0.2, 0.25) is 0 Å². The number of nitrogens with two attached hydrogens (primary N) is 2. The number of hydrogen-bond acceptors (Lipinski definition) is 3. The summed E-state index contributed by atoms with van der Waals surface area (Å²) in [5, 5.41) is 8.03. The second-order valence-corrected chi connectivity index (χ2v) is 10.3. The molecule has 4 aromatic carbocycles. The minimum atomic E-state index is 0.477. The molecule has 4 nitrogen and oxygen atoms in total. The van der Waals surface area contributed by atoms with Crippen molar-refractivity contribution in [2.75, 3.05) is 13.1 Å². The number of hydrogen-bond donors (Lipinski definition) is 3. The van der Waals surface area contributed by atoms with E-state index in [-0.39, 0.29) is 0 Å². The highest BCUT2D eigenvalue weighted by Crippen LogP contribution is 2.38. The van der Waals surface area contributed by atoms with E-state index in [4.69, 9.17) is 11.5 Å². The van der Waals surface area contributed by atoms with Gasteiger partial charge in [-0.05, 0) is 88.3 Å². The second kappa shape index (κ2) is 11.2. The summed E-state index contributed by atoms with van der Waals surface area (Å²) in [4.78, 5) is 0. The van der Waals surface area contributed by atoms with Crippen molar-refractivity contribution in [3.8, 4) is 5.69 Å². The normalized spacial score (nSPS) is 14.5. The van der Waals surface area contributed by atoms with Gasteiger partial charge >= 0.3 is 0 Å². The van der Waals surface area contributed by atoms with Gasteiger partial charge in [-0.1, -0.05) is 79.4 Å². The van der Waals surface area contributed by atoms with Gasteiger partial charge in [-0.3, -0.25) is 0 Å². The zero-order chi connectivity index (χ0) is 28.3. The van der Waals surface area contributed by atoms with E-state index < -0.39 is 0 Å². The van der Waals surface area contributed by atoms with E-state index in [2.05, 4.69) is 120 Å². The molecule has 1 aliphatic rings. The summed E-state index contributed by atoms with van der Waals surface area (Å²) in [5.41, 5.74) is 22.0. The molecule has 41 heavy (non-hydrogen) atoms. The van der Waals surface area contributed by atoms with Crippen molar-refractivity contribution in [2.24, 2.45) is 11.5 Å². The van der Waals surface area contributed by atoms with Crippen molar-refractivity contribution in [3.63, 3.8) is 0 Å². The molecule has 5 aromatic rings. The molecule has 2 heterocycles. The van der Waals surface area contributed by atoms with Crippen LogP contribution in [0.15, 0.2) is 139 Å². The molecule has 0 fully saturated rings.